The summed E-state index contributed by atoms with van der Waals surface area (Å²) in [6, 6.07) is 2.39. The second kappa shape index (κ2) is 7.77. The molecule has 2 aromatic heterocycles. The topological polar surface area (TPSA) is 148 Å². The fraction of sp³-hybridized carbons (Fsp3) is 0.417. The lowest BCUT2D eigenvalue weighted by atomic mass is 10.2. The van der Waals surface area contributed by atoms with E-state index in [-0.39, 0.29) is 29.7 Å². The number of carbonyl (C=O) groups excluding carboxylic acids is 2. The molecule has 1 atom stereocenters. The zero-order chi connectivity index (χ0) is 16.7. The van der Waals surface area contributed by atoms with Gasteiger partial charge in [-0.25, -0.2) is 9.78 Å². The molecule has 2 rings (SSSR count). The molecule has 0 fully saturated rings. The van der Waals surface area contributed by atoms with E-state index < -0.39 is 5.91 Å². The van der Waals surface area contributed by atoms with E-state index in [1.807, 2.05) is 0 Å². The van der Waals surface area contributed by atoms with Crippen LogP contribution in [0.15, 0.2) is 23.3 Å². The van der Waals surface area contributed by atoms with E-state index in [1.165, 1.54) is 23.1 Å². The molecule has 3 N–H and O–H groups in total. The molecule has 11 nitrogen and oxygen atoms in total. The van der Waals surface area contributed by atoms with Gasteiger partial charge in [-0.15, -0.1) is 5.10 Å². The van der Waals surface area contributed by atoms with Crippen LogP contribution < -0.4 is 16.2 Å². The van der Waals surface area contributed by atoms with Crippen molar-refractivity contribution in [1.29, 1.82) is 0 Å². The molecule has 0 spiro atoms. The minimum atomic E-state index is -0.395. The Kier molecular flexibility index (Phi) is 5.50. The van der Waals surface area contributed by atoms with Gasteiger partial charge >= 0.3 is 0 Å². The van der Waals surface area contributed by atoms with E-state index >= 15 is 0 Å². The molecule has 0 aromatic carbocycles. The van der Waals surface area contributed by atoms with Gasteiger partial charge in [-0.05, 0) is 29.8 Å². The van der Waals surface area contributed by atoms with Crippen molar-refractivity contribution >= 4 is 11.8 Å². The Labute approximate surface area is 130 Å². The fourth-order valence-electron chi connectivity index (χ4n) is 1.72. The van der Waals surface area contributed by atoms with E-state index in [0.717, 1.165) is 0 Å². The third-order valence-electron chi connectivity index (χ3n) is 2.89. The summed E-state index contributed by atoms with van der Waals surface area (Å²) in [5.41, 5.74) is -0.251. The highest BCUT2D eigenvalue weighted by molar-refractivity contribution is 5.92. The molecule has 0 radical (unpaired) electrons. The van der Waals surface area contributed by atoms with Crippen molar-refractivity contribution in [3.8, 4) is 0 Å². The number of nitrogens with zero attached hydrogens (tertiary/aromatic N) is 5. The summed E-state index contributed by atoms with van der Waals surface area (Å²) in [5, 5.41) is 21.7. The Bertz CT molecular complexity index is 691. The molecule has 2 aromatic rings. The van der Waals surface area contributed by atoms with Crippen LogP contribution in [-0.2, 0) is 11.3 Å². The van der Waals surface area contributed by atoms with E-state index in [4.69, 9.17) is 0 Å². The second-order valence-electron chi connectivity index (χ2n) is 4.83. The van der Waals surface area contributed by atoms with Gasteiger partial charge in [0, 0.05) is 18.7 Å². The van der Waals surface area contributed by atoms with Gasteiger partial charge in [-0.1, -0.05) is 0 Å². The molecule has 0 saturated heterocycles. The van der Waals surface area contributed by atoms with Crippen LogP contribution >= 0.6 is 0 Å². The largest absolute Gasteiger partial charge is 0.354 e. The first-order valence-electron chi connectivity index (χ1n) is 6.88. The van der Waals surface area contributed by atoms with Gasteiger partial charge in [0.1, 0.15) is 18.6 Å². The molecule has 0 saturated carbocycles. The van der Waals surface area contributed by atoms with Gasteiger partial charge < -0.3 is 10.6 Å². The van der Waals surface area contributed by atoms with Crippen molar-refractivity contribution in [2.24, 2.45) is 0 Å². The summed E-state index contributed by atoms with van der Waals surface area (Å²) in [4.78, 5) is 34.4. The maximum atomic E-state index is 11.9. The second-order valence-corrected chi connectivity index (χ2v) is 4.83. The average Bonchev–Trinajstić information content (AvgIpc) is 3.00. The van der Waals surface area contributed by atoms with Crippen molar-refractivity contribution in [3.05, 3.63) is 34.5 Å². The number of H-pyrrole nitrogens is 1. The van der Waals surface area contributed by atoms with Crippen molar-refractivity contribution in [3.63, 3.8) is 0 Å². The Hall–Kier alpha value is -3.11. The third kappa shape index (κ3) is 5.30. The molecule has 23 heavy (non-hydrogen) atoms. The van der Waals surface area contributed by atoms with E-state index in [9.17, 15) is 14.4 Å². The number of rotatable bonds is 7. The predicted molar refractivity (Wildman–Crippen MR) is 77.2 cm³/mol. The van der Waals surface area contributed by atoms with Crippen LogP contribution in [0.3, 0.4) is 0 Å². The summed E-state index contributed by atoms with van der Waals surface area (Å²) in [5.74, 6) is -0.619. The van der Waals surface area contributed by atoms with Crippen LogP contribution in [0.1, 0.15) is 23.8 Å². The van der Waals surface area contributed by atoms with E-state index in [0.29, 0.717) is 13.0 Å². The molecule has 122 valence electrons. The quantitative estimate of drug-likeness (QED) is 0.538. The minimum Gasteiger partial charge on any atom is -0.354 e. The lowest BCUT2D eigenvalue weighted by Crippen LogP contribution is -2.37. The van der Waals surface area contributed by atoms with Gasteiger partial charge in [0.15, 0.2) is 0 Å². The Morgan fingerprint density at radius 1 is 1.39 bits per heavy atom. The molecular formula is C12H16N8O3. The Morgan fingerprint density at radius 2 is 2.22 bits per heavy atom. The molecule has 2 heterocycles. The van der Waals surface area contributed by atoms with Crippen molar-refractivity contribution in [1.82, 2.24) is 41.0 Å². The van der Waals surface area contributed by atoms with Crippen molar-refractivity contribution in [2.45, 2.75) is 25.9 Å². The molecule has 0 unspecified atom stereocenters. The lowest BCUT2D eigenvalue weighted by Gasteiger charge is -2.13. The molecule has 0 aliphatic carbocycles. The molecule has 0 aliphatic rings. The normalized spacial score (nSPS) is 11.7. The number of amides is 2. The SMILES string of the molecule is C[C@@H](CCNC(=O)Cn1cnnn1)NC(=O)c1ccc(=O)[nH]n1. The van der Waals surface area contributed by atoms with Gasteiger partial charge in [0.05, 0.1) is 0 Å². The lowest BCUT2D eigenvalue weighted by molar-refractivity contribution is -0.121. The zero-order valence-corrected chi connectivity index (χ0v) is 12.4. The molecule has 11 heteroatoms. The van der Waals surface area contributed by atoms with Crippen molar-refractivity contribution in [2.75, 3.05) is 6.54 Å². The van der Waals surface area contributed by atoms with Gasteiger partial charge in [-0.3, -0.25) is 14.4 Å². The van der Waals surface area contributed by atoms with Crippen LogP contribution in [0.25, 0.3) is 0 Å². The summed E-state index contributed by atoms with van der Waals surface area (Å²) >= 11 is 0. The molecule has 2 amide bonds. The summed E-state index contributed by atoms with van der Waals surface area (Å²) in [6.07, 6.45) is 1.88. The number of aromatic nitrogens is 6. The van der Waals surface area contributed by atoms with Crippen LogP contribution in [-0.4, -0.2) is 54.8 Å². The van der Waals surface area contributed by atoms with E-state index in [1.54, 1.807) is 6.92 Å². The monoisotopic (exact) mass is 320 g/mol. The number of carbonyl (C=O) groups is 2. The number of nitrogens with one attached hydrogen (secondary N) is 3. The Morgan fingerprint density at radius 3 is 2.87 bits per heavy atom. The maximum absolute atomic E-state index is 11.9. The van der Waals surface area contributed by atoms with Crippen LogP contribution in [0, 0.1) is 0 Å². The number of hydrogen-bond acceptors (Lipinski definition) is 7. The van der Waals surface area contributed by atoms with Gasteiger partial charge in [-0.2, -0.15) is 5.10 Å². The van der Waals surface area contributed by atoms with Crippen LogP contribution in [0.2, 0.25) is 0 Å². The van der Waals surface area contributed by atoms with Crippen LogP contribution in [0.5, 0.6) is 0 Å². The highest BCUT2D eigenvalue weighted by atomic mass is 16.2. The summed E-state index contributed by atoms with van der Waals surface area (Å²) in [7, 11) is 0. The van der Waals surface area contributed by atoms with Gasteiger partial charge in [0.2, 0.25) is 5.91 Å². The third-order valence-corrected chi connectivity index (χ3v) is 2.89. The highest BCUT2D eigenvalue weighted by Crippen LogP contribution is 1.94. The zero-order valence-electron chi connectivity index (χ0n) is 12.4. The summed E-state index contributed by atoms with van der Waals surface area (Å²) in [6.45, 7) is 2.23. The molecule has 0 aliphatic heterocycles. The number of tetrazole rings is 1. The molecule has 0 bridgehead atoms. The highest BCUT2D eigenvalue weighted by Gasteiger charge is 2.11. The molecular weight excluding hydrogens is 304 g/mol. The predicted octanol–water partition coefficient (Wildman–Crippen LogP) is -1.92. The first kappa shape index (κ1) is 16.3. The number of hydrogen-bond donors (Lipinski definition) is 3. The minimum absolute atomic E-state index is 0.0367. The standard InChI is InChI=1S/C12H16N8O3/c1-8(15-12(23)9-2-3-10(21)17-16-9)4-5-13-11(22)6-20-7-14-18-19-20/h2-3,7-8H,4-6H2,1H3,(H,13,22)(H,15,23)(H,17,21)/t8-/m0/s1. The maximum Gasteiger partial charge on any atom is 0.271 e. The van der Waals surface area contributed by atoms with Gasteiger partial charge in [0.25, 0.3) is 11.5 Å². The number of aromatic amines is 1. The van der Waals surface area contributed by atoms with E-state index in [2.05, 4.69) is 36.4 Å². The summed E-state index contributed by atoms with van der Waals surface area (Å²) < 4.78 is 1.31. The first-order valence-corrected chi connectivity index (χ1v) is 6.88. The smallest absolute Gasteiger partial charge is 0.271 e. The first-order chi connectivity index (χ1) is 11.0. The fourth-order valence-corrected chi connectivity index (χ4v) is 1.72. The average molecular weight is 320 g/mol. The Balaban J connectivity index is 1.69. The van der Waals surface area contributed by atoms with Crippen LogP contribution in [0.4, 0.5) is 0 Å². The van der Waals surface area contributed by atoms with Crippen molar-refractivity contribution < 1.29 is 9.59 Å².